The Kier molecular flexibility index (Phi) is 2.73. The van der Waals surface area contributed by atoms with Crippen LogP contribution >= 0.6 is 0 Å². The van der Waals surface area contributed by atoms with Crippen molar-refractivity contribution in [1.82, 2.24) is 9.61 Å². The molecule has 1 aromatic carbocycles. The Balaban J connectivity index is 1.81. The summed E-state index contributed by atoms with van der Waals surface area (Å²) in [6.45, 7) is 2.89. The highest BCUT2D eigenvalue weighted by atomic mass is 15.2. The minimum atomic E-state index is 0.789. The second-order valence-electron chi connectivity index (χ2n) is 4.42. The third kappa shape index (κ3) is 2.07. The molecule has 2 heterocycles. The molecule has 0 amide bonds. The Bertz CT molecular complexity index is 670. The summed E-state index contributed by atoms with van der Waals surface area (Å²) < 4.78 is 1.90. The van der Waals surface area contributed by atoms with Crippen LogP contribution in [-0.2, 0) is 6.54 Å². The molecule has 90 valence electrons. The molecule has 0 radical (unpaired) electrons. The first-order valence-corrected chi connectivity index (χ1v) is 6.05. The van der Waals surface area contributed by atoms with Crippen LogP contribution in [0, 0.1) is 6.92 Å². The number of hydrogen-bond acceptors (Lipinski definition) is 2. The van der Waals surface area contributed by atoms with Gasteiger partial charge >= 0.3 is 0 Å². The monoisotopic (exact) mass is 237 g/mol. The molecule has 0 spiro atoms. The Morgan fingerprint density at radius 1 is 1.17 bits per heavy atom. The van der Waals surface area contributed by atoms with Crippen LogP contribution in [0.3, 0.4) is 0 Å². The molecule has 0 atom stereocenters. The maximum atomic E-state index is 4.33. The van der Waals surface area contributed by atoms with Gasteiger partial charge in [-0.3, -0.25) is 0 Å². The van der Waals surface area contributed by atoms with E-state index in [0.717, 1.165) is 17.7 Å². The van der Waals surface area contributed by atoms with Gasteiger partial charge in [0.15, 0.2) is 0 Å². The summed E-state index contributed by atoms with van der Waals surface area (Å²) in [6, 6.07) is 14.5. The predicted octanol–water partition coefficient (Wildman–Crippen LogP) is 3.25. The van der Waals surface area contributed by atoms with Crippen molar-refractivity contribution in [1.29, 1.82) is 0 Å². The van der Waals surface area contributed by atoms with Crippen molar-refractivity contribution >= 4 is 11.2 Å². The van der Waals surface area contributed by atoms with E-state index in [-0.39, 0.29) is 0 Å². The van der Waals surface area contributed by atoms with Crippen molar-refractivity contribution in [2.24, 2.45) is 0 Å². The molecule has 3 heteroatoms. The van der Waals surface area contributed by atoms with Gasteiger partial charge in [-0.2, -0.15) is 5.10 Å². The van der Waals surface area contributed by atoms with Crippen LogP contribution in [0.15, 0.2) is 54.9 Å². The first-order valence-electron chi connectivity index (χ1n) is 6.05. The Morgan fingerprint density at radius 2 is 2.11 bits per heavy atom. The SMILES string of the molecule is Cc1cccc(NCc2cnn3ccccc23)c1. The zero-order valence-corrected chi connectivity index (χ0v) is 10.3. The van der Waals surface area contributed by atoms with Crippen LogP contribution < -0.4 is 5.32 Å². The predicted molar refractivity (Wildman–Crippen MR) is 73.7 cm³/mol. The molecular formula is C15H15N3. The van der Waals surface area contributed by atoms with Gasteiger partial charge in [0.05, 0.1) is 11.7 Å². The van der Waals surface area contributed by atoms with E-state index in [4.69, 9.17) is 0 Å². The molecule has 3 aromatic rings. The molecule has 0 aliphatic heterocycles. The molecule has 0 aliphatic carbocycles. The van der Waals surface area contributed by atoms with E-state index in [2.05, 4.69) is 47.7 Å². The van der Waals surface area contributed by atoms with E-state index < -0.39 is 0 Å². The van der Waals surface area contributed by atoms with Gasteiger partial charge < -0.3 is 5.32 Å². The Labute approximate surface area is 106 Å². The second-order valence-corrected chi connectivity index (χ2v) is 4.42. The summed E-state index contributed by atoms with van der Waals surface area (Å²) in [6.07, 6.45) is 3.88. The number of benzene rings is 1. The summed E-state index contributed by atoms with van der Waals surface area (Å²) in [5.41, 5.74) is 4.76. The molecule has 0 bridgehead atoms. The molecule has 18 heavy (non-hydrogen) atoms. The summed E-state index contributed by atoms with van der Waals surface area (Å²) in [7, 11) is 0. The minimum absolute atomic E-state index is 0.789. The van der Waals surface area contributed by atoms with E-state index in [1.165, 1.54) is 11.1 Å². The topological polar surface area (TPSA) is 29.3 Å². The van der Waals surface area contributed by atoms with E-state index in [0.29, 0.717) is 0 Å². The van der Waals surface area contributed by atoms with Crippen LogP contribution in [0.4, 0.5) is 5.69 Å². The van der Waals surface area contributed by atoms with Crippen molar-refractivity contribution < 1.29 is 0 Å². The fourth-order valence-corrected chi connectivity index (χ4v) is 2.08. The third-order valence-electron chi connectivity index (χ3n) is 3.01. The van der Waals surface area contributed by atoms with Crippen LogP contribution in [-0.4, -0.2) is 9.61 Å². The van der Waals surface area contributed by atoms with E-state index >= 15 is 0 Å². The van der Waals surface area contributed by atoms with Gasteiger partial charge in [-0.05, 0) is 36.8 Å². The molecular weight excluding hydrogens is 222 g/mol. The smallest absolute Gasteiger partial charge is 0.0711 e. The van der Waals surface area contributed by atoms with Gasteiger partial charge in [0.25, 0.3) is 0 Å². The average molecular weight is 237 g/mol. The maximum absolute atomic E-state index is 4.33. The number of nitrogens with one attached hydrogen (secondary N) is 1. The van der Waals surface area contributed by atoms with E-state index in [1.54, 1.807) is 0 Å². The van der Waals surface area contributed by atoms with Gasteiger partial charge in [-0.15, -0.1) is 0 Å². The molecule has 0 unspecified atom stereocenters. The lowest BCUT2D eigenvalue weighted by atomic mass is 10.2. The largest absolute Gasteiger partial charge is 0.381 e. The molecule has 2 aromatic heterocycles. The summed E-state index contributed by atoms with van der Waals surface area (Å²) in [5.74, 6) is 0. The van der Waals surface area contributed by atoms with Crippen molar-refractivity contribution in [3.63, 3.8) is 0 Å². The summed E-state index contributed by atoms with van der Waals surface area (Å²) in [5, 5.41) is 7.75. The highest BCUT2D eigenvalue weighted by Gasteiger charge is 2.02. The fraction of sp³-hybridized carbons (Fsp3) is 0.133. The number of aryl methyl sites for hydroxylation is 1. The lowest BCUT2D eigenvalue weighted by molar-refractivity contribution is 0.961. The molecule has 0 saturated carbocycles. The van der Waals surface area contributed by atoms with Crippen molar-refractivity contribution in [3.8, 4) is 0 Å². The van der Waals surface area contributed by atoms with Gasteiger partial charge in [-0.1, -0.05) is 18.2 Å². The molecule has 0 aliphatic rings. The van der Waals surface area contributed by atoms with Crippen LogP contribution in [0.5, 0.6) is 0 Å². The highest BCUT2D eigenvalue weighted by Crippen LogP contribution is 2.14. The third-order valence-corrected chi connectivity index (χ3v) is 3.01. The normalized spacial score (nSPS) is 10.7. The maximum Gasteiger partial charge on any atom is 0.0711 e. The molecule has 1 N–H and O–H groups in total. The lowest BCUT2D eigenvalue weighted by Gasteiger charge is -2.06. The summed E-state index contributed by atoms with van der Waals surface area (Å²) >= 11 is 0. The number of anilines is 1. The van der Waals surface area contributed by atoms with Crippen molar-refractivity contribution in [3.05, 3.63) is 66.0 Å². The average Bonchev–Trinajstić information content (AvgIpc) is 2.80. The standard InChI is InChI=1S/C15H15N3/c1-12-5-4-6-14(9-12)16-10-13-11-17-18-8-3-2-7-15(13)18/h2-9,11,16H,10H2,1H3. The molecule has 3 rings (SSSR count). The molecule has 0 saturated heterocycles. The van der Waals surface area contributed by atoms with Crippen molar-refractivity contribution in [2.75, 3.05) is 5.32 Å². The number of fused-ring (bicyclic) bond motifs is 1. The van der Waals surface area contributed by atoms with Crippen LogP contribution in [0.1, 0.15) is 11.1 Å². The fourth-order valence-electron chi connectivity index (χ4n) is 2.08. The minimum Gasteiger partial charge on any atom is -0.381 e. The number of aromatic nitrogens is 2. The second kappa shape index (κ2) is 4.53. The zero-order chi connectivity index (χ0) is 12.4. The van der Waals surface area contributed by atoms with Gasteiger partial charge in [0, 0.05) is 24.0 Å². The summed E-state index contributed by atoms with van der Waals surface area (Å²) in [4.78, 5) is 0. The molecule has 3 nitrogen and oxygen atoms in total. The lowest BCUT2D eigenvalue weighted by Crippen LogP contribution is -1.99. The van der Waals surface area contributed by atoms with Gasteiger partial charge in [0.1, 0.15) is 0 Å². The van der Waals surface area contributed by atoms with Crippen LogP contribution in [0.2, 0.25) is 0 Å². The highest BCUT2D eigenvalue weighted by molar-refractivity contribution is 5.55. The van der Waals surface area contributed by atoms with E-state index in [1.807, 2.05) is 29.0 Å². The first kappa shape index (κ1) is 10.8. The number of hydrogen-bond donors (Lipinski definition) is 1. The molecule has 0 fully saturated rings. The first-order chi connectivity index (χ1) is 8.83. The van der Waals surface area contributed by atoms with Crippen LogP contribution in [0.25, 0.3) is 5.52 Å². The Morgan fingerprint density at radius 3 is 3.00 bits per heavy atom. The Hall–Kier alpha value is -2.29. The quantitative estimate of drug-likeness (QED) is 0.757. The van der Waals surface area contributed by atoms with Gasteiger partial charge in [0.2, 0.25) is 0 Å². The zero-order valence-electron chi connectivity index (χ0n) is 10.3. The van der Waals surface area contributed by atoms with E-state index in [9.17, 15) is 0 Å². The number of pyridine rings is 1. The number of rotatable bonds is 3. The van der Waals surface area contributed by atoms with Crippen molar-refractivity contribution in [2.45, 2.75) is 13.5 Å². The number of nitrogens with zero attached hydrogens (tertiary/aromatic N) is 2. The van der Waals surface area contributed by atoms with Gasteiger partial charge in [-0.25, -0.2) is 4.52 Å².